The van der Waals surface area contributed by atoms with Crippen molar-refractivity contribution in [1.29, 1.82) is 0 Å². The molecule has 5 rings (SSSR count). The van der Waals surface area contributed by atoms with E-state index in [1.807, 2.05) is 17.0 Å². The first-order valence-electron chi connectivity index (χ1n) is 11.1. The van der Waals surface area contributed by atoms with E-state index < -0.39 is 0 Å². The van der Waals surface area contributed by atoms with Gasteiger partial charge < -0.3 is 0 Å². The van der Waals surface area contributed by atoms with Crippen LogP contribution in [0.25, 0.3) is 11.3 Å². The molecule has 0 spiro atoms. The number of hydrogen-bond donors (Lipinski definition) is 0. The Bertz CT molecular complexity index is 1090. The number of carbonyl (C=O) groups excluding carboxylic acids is 1. The quantitative estimate of drug-likeness (QED) is 0.364. The molecule has 3 aromatic rings. The Balaban J connectivity index is 1.48. The van der Waals surface area contributed by atoms with Gasteiger partial charge in [0, 0.05) is 21.8 Å². The molecule has 2 aliphatic carbocycles. The molecule has 0 N–H and O–H groups in total. The van der Waals surface area contributed by atoms with E-state index in [2.05, 4.69) is 65.5 Å². The number of benzene rings is 2. The molecule has 160 valence electrons. The van der Waals surface area contributed by atoms with Crippen LogP contribution < -0.4 is 4.90 Å². The van der Waals surface area contributed by atoms with Gasteiger partial charge in [-0.2, -0.15) is 0 Å². The predicted octanol–water partition coefficient (Wildman–Crippen LogP) is 7.68. The topological polar surface area (TPSA) is 33.2 Å². The number of aryl methyl sites for hydroxylation is 2. The van der Waals surface area contributed by atoms with Crippen molar-refractivity contribution in [2.24, 2.45) is 17.8 Å². The van der Waals surface area contributed by atoms with E-state index >= 15 is 0 Å². The average molecular weight is 495 g/mol. The first-order valence-corrected chi connectivity index (χ1v) is 12.8. The lowest BCUT2D eigenvalue weighted by Crippen LogP contribution is -2.29. The van der Waals surface area contributed by atoms with Crippen LogP contribution in [0.5, 0.6) is 0 Å². The second-order valence-electron chi connectivity index (χ2n) is 9.24. The van der Waals surface area contributed by atoms with Crippen LogP contribution in [0.1, 0.15) is 43.2 Å². The molecule has 1 amide bonds. The molecule has 5 heteroatoms. The zero-order valence-corrected chi connectivity index (χ0v) is 20.4. The zero-order chi connectivity index (χ0) is 21.5. The fourth-order valence-electron chi connectivity index (χ4n) is 5.50. The highest BCUT2D eigenvalue weighted by Gasteiger charge is 2.41. The molecule has 0 saturated heterocycles. The second-order valence-corrected chi connectivity index (χ2v) is 11.0. The molecule has 2 bridgehead atoms. The summed E-state index contributed by atoms with van der Waals surface area (Å²) in [5, 5.41) is 2.81. The Kier molecular flexibility index (Phi) is 5.74. The minimum atomic E-state index is 0.180. The molecule has 3 atom stereocenters. The maximum Gasteiger partial charge on any atom is 0.233 e. The molecule has 0 aliphatic heterocycles. The Hall–Kier alpha value is -1.98. The number of rotatable bonds is 5. The van der Waals surface area contributed by atoms with Crippen LogP contribution in [-0.4, -0.2) is 10.9 Å². The normalized spacial score (nSPS) is 22.1. The summed E-state index contributed by atoms with van der Waals surface area (Å²) in [5.74, 6) is 2.30. The van der Waals surface area contributed by atoms with Gasteiger partial charge in [-0.15, -0.1) is 11.3 Å². The summed E-state index contributed by atoms with van der Waals surface area (Å²) >= 11 is 5.04. The average Bonchev–Trinajstić information content (AvgIpc) is 3.45. The van der Waals surface area contributed by atoms with Crippen molar-refractivity contribution in [1.82, 2.24) is 4.98 Å². The third-order valence-electron chi connectivity index (χ3n) is 6.86. The summed E-state index contributed by atoms with van der Waals surface area (Å²) in [7, 11) is 0. The maximum absolute atomic E-state index is 13.7. The largest absolute Gasteiger partial charge is 0.274 e. The SMILES string of the molecule is Cc1cc(C)cc(N(C(=O)C[C@H]2C[C@H]3CC[C@@H]2C3)c2nc(-c3ccc(Br)cc3)cs2)c1. The van der Waals surface area contributed by atoms with Crippen molar-refractivity contribution in [2.75, 3.05) is 4.90 Å². The number of nitrogens with zero attached hydrogens (tertiary/aromatic N) is 2. The number of carbonyl (C=O) groups is 1. The number of halogens is 1. The van der Waals surface area contributed by atoms with Gasteiger partial charge in [0.15, 0.2) is 5.13 Å². The van der Waals surface area contributed by atoms with E-state index in [4.69, 9.17) is 4.98 Å². The third kappa shape index (κ3) is 4.35. The number of fused-ring (bicyclic) bond motifs is 2. The minimum Gasteiger partial charge on any atom is -0.274 e. The van der Waals surface area contributed by atoms with Crippen LogP contribution in [0.4, 0.5) is 10.8 Å². The molecule has 31 heavy (non-hydrogen) atoms. The highest BCUT2D eigenvalue weighted by molar-refractivity contribution is 9.10. The summed E-state index contributed by atoms with van der Waals surface area (Å²) < 4.78 is 1.05. The molecule has 3 nitrogen and oxygen atoms in total. The molecule has 2 aromatic carbocycles. The summed E-state index contributed by atoms with van der Waals surface area (Å²) in [4.78, 5) is 20.4. The van der Waals surface area contributed by atoms with Crippen LogP contribution >= 0.6 is 27.3 Å². The molecule has 2 fully saturated rings. The molecule has 2 saturated carbocycles. The lowest BCUT2D eigenvalue weighted by atomic mass is 9.86. The monoisotopic (exact) mass is 494 g/mol. The molecular weight excluding hydrogens is 468 g/mol. The van der Waals surface area contributed by atoms with Gasteiger partial charge in [0.05, 0.1) is 11.4 Å². The van der Waals surface area contributed by atoms with Crippen molar-refractivity contribution in [3.63, 3.8) is 0 Å². The minimum absolute atomic E-state index is 0.180. The molecule has 0 unspecified atom stereocenters. The third-order valence-corrected chi connectivity index (χ3v) is 8.21. The molecule has 1 aromatic heterocycles. The van der Waals surface area contributed by atoms with Gasteiger partial charge in [0.2, 0.25) is 5.91 Å². The maximum atomic E-state index is 13.7. The Morgan fingerprint density at radius 2 is 1.84 bits per heavy atom. The van der Waals surface area contributed by atoms with Crippen LogP contribution in [-0.2, 0) is 4.79 Å². The number of thiazole rings is 1. The Morgan fingerprint density at radius 3 is 2.48 bits per heavy atom. The smallest absolute Gasteiger partial charge is 0.233 e. The number of amides is 1. The first-order chi connectivity index (χ1) is 15.0. The second kappa shape index (κ2) is 8.51. The van der Waals surface area contributed by atoms with Crippen LogP contribution in [0, 0.1) is 31.6 Å². The van der Waals surface area contributed by atoms with Crippen LogP contribution in [0.15, 0.2) is 52.3 Å². The summed E-state index contributed by atoms with van der Waals surface area (Å²) in [5.41, 5.74) is 5.23. The van der Waals surface area contributed by atoms with Gasteiger partial charge in [-0.25, -0.2) is 4.98 Å². The van der Waals surface area contributed by atoms with Gasteiger partial charge >= 0.3 is 0 Å². The number of hydrogen-bond acceptors (Lipinski definition) is 3. The van der Waals surface area contributed by atoms with Gasteiger partial charge in [-0.3, -0.25) is 9.69 Å². The standard InChI is InChI=1S/C26H27BrN2OS/c1-16-9-17(2)11-23(10-16)29(25(30)14-21-13-18-3-4-20(21)12-18)26-28-24(15-31-26)19-5-7-22(27)8-6-19/h5-11,15,18,20-21H,3-4,12-14H2,1-2H3/t18-,20+,21+/m0/s1. The Morgan fingerprint density at radius 1 is 1.10 bits per heavy atom. The highest BCUT2D eigenvalue weighted by atomic mass is 79.9. The molecule has 1 heterocycles. The molecule has 0 radical (unpaired) electrons. The van der Waals surface area contributed by atoms with Crippen molar-refractivity contribution < 1.29 is 4.79 Å². The summed E-state index contributed by atoms with van der Waals surface area (Å²) in [6.45, 7) is 4.17. The van der Waals surface area contributed by atoms with Gasteiger partial charge in [-0.1, -0.05) is 40.5 Å². The Labute approximate surface area is 196 Å². The first kappa shape index (κ1) is 20.9. The van der Waals surface area contributed by atoms with Crippen LogP contribution in [0.3, 0.4) is 0 Å². The van der Waals surface area contributed by atoms with E-state index in [9.17, 15) is 4.79 Å². The molecule has 2 aliphatic rings. The van der Waals surface area contributed by atoms with Gasteiger partial charge in [0.1, 0.15) is 0 Å². The number of anilines is 2. The van der Waals surface area contributed by atoms with E-state index in [0.717, 1.165) is 49.5 Å². The summed E-state index contributed by atoms with van der Waals surface area (Å²) in [6, 6.07) is 14.5. The van der Waals surface area contributed by atoms with Crippen molar-refractivity contribution in [3.05, 3.63) is 63.4 Å². The van der Waals surface area contributed by atoms with E-state index in [1.54, 1.807) is 11.3 Å². The summed E-state index contributed by atoms with van der Waals surface area (Å²) in [6.07, 6.45) is 5.84. The van der Waals surface area contributed by atoms with E-state index in [-0.39, 0.29) is 5.91 Å². The zero-order valence-electron chi connectivity index (χ0n) is 18.0. The van der Waals surface area contributed by atoms with Crippen molar-refractivity contribution >= 4 is 44.0 Å². The number of aromatic nitrogens is 1. The predicted molar refractivity (Wildman–Crippen MR) is 132 cm³/mol. The van der Waals surface area contributed by atoms with Crippen molar-refractivity contribution in [2.45, 2.75) is 46.0 Å². The van der Waals surface area contributed by atoms with Gasteiger partial charge in [-0.05, 0) is 86.3 Å². The molecular formula is C26H27BrN2OS. The van der Waals surface area contributed by atoms with E-state index in [0.29, 0.717) is 12.3 Å². The fourth-order valence-corrected chi connectivity index (χ4v) is 6.64. The van der Waals surface area contributed by atoms with Crippen LogP contribution in [0.2, 0.25) is 0 Å². The van der Waals surface area contributed by atoms with Crippen molar-refractivity contribution in [3.8, 4) is 11.3 Å². The lowest BCUT2D eigenvalue weighted by Gasteiger charge is -2.26. The van der Waals surface area contributed by atoms with E-state index in [1.165, 1.54) is 25.7 Å². The highest BCUT2D eigenvalue weighted by Crippen LogP contribution is 2.50. The van der Waals surface area contributed by atoms with Gasteiger partial charge in [0.25, 0.3) is 0 Å². The lowest BCUT2D eigenvalue weighted by molar-refractivity contribution is -0.119. The fraction of sp³-hybridized carbons (Fsp3) is 0.385.